The molecule has 1 aromatic heterocycles. The molecule has 3 rings (SSSR count). The van der Waals surface area contributed by atoms with Crippen molar-refractivity contribution in [2.75, 3.05) is 11.9 Å². The van der Waals surface area contributed by atoms with Gasteiger partial charge in [-0.3, -0.25) is 0 Å². The van der Waals surface area contributed by atoms with Gasteiger partial charge in [-0.15, -0.1) is 10.2 Å². The molecule has 2 aromatic rings. The molecule has 0 radical (unpaired) electrons. The first kappa shape index (κ1) is 11.2. The van der Waals surface area contributed by atoms with Crippen LogP contribution in [-0.2, 0) is 0 Å². The third-order valence-corrected chi connectivity index (χ3v) is 3.31. The summed E-state index contributed by atoms with van der Waals surface area (Å²) in [6.07, 6.45) is 2.70. The van der Waals surface area contributed by atoms with Crippen LogP contribution in [0.2, 0.25) is 0 Å². The van der Waals surface area contributed by atoms with E-state index in [2.05, 4.69) is 40.6 Å². The van der Waals surface area contributed by atoms with Crippen LogP contribution in [0.15, 0.2) is 36.4 Å². The van der Waals surface area contributed by atoms with E-state index in [0.29, 0.717) is 0 Å². The zero-order valence-electron chi connectivity index (χ0n) is 10.6. The van der Waals surface area contributed by atoms with Gasteiger partial charge in [0.25, 0.3) is 0 Å². The molecule has 0 amide bonds. The van der Waals surface area contributed by atoms with Crippen molar-refractivity contribution in [3.63, 3.8) is 0 Å². The Morgan fingerprint density at radius 2 is 1.94 bits per heavy atom. The molecule has 1 aromatic carbocycles. The van der Waals surface area contributed by atoms with Gasteiger partial charge in [0.1, 0.15) is 0 Å². The highest BCUT2D eigenvalue weighted by atomic mass is 15.2. The van der Waals surface area contributed by atoms with Crippen LogP contribution in [0.25, 0.3) is 11.3 Å². The van der Waals surface area contributed by atoms with Gasteiger partial charge in [-0.25, -0.2) is 0 Å². The number of anilines is 1. The van der Waals surface area contributed by atoms with Gasteiger partial charge in [0.05, 0.1) is 5.69 Å². The lowest BCUT2D eigenvalue weighted by Crippen LogP contribution is -2.07. The van der Waals surface area contributed by atoms with Gasteiger partial charge in [-0.1, -0.05) is 30.3 Å². The van der Waals surface area contributed by atoms with E-state index in [0.717, 1.165) is 35.1 Å². The second-order valence-electron chi connectivity index (χ2n) is 4.95. The summed E-state index contributed by atoms with van der Waals surface area (Å²) in [6, 6.07) is 12.3. The first-order valence-corrected chi connectivity index (χ1v) is 6.46. The lowest BCUT2D eigenvalue weighted by molar-refractivity contribution is 0.870. The molecule has 1 N–H and O–H groups in total. The minimum atomic E-state index is 0.847. The topological polar surface area (TPSA) is 37.8 Å². The highest BCUT2D eigenvalue weighted by Crippen LogP contribution is 2.29. The molecule has 3 heteroatoms. The Morgan fingerprint density at radius 1 is 1.17 bits per heavy atom. The molecule has 3 nitrogen and oxygen atoms in total. The molecular weight excluding hydrogens is 222 g/mol. The Balaban J connectivity index is 1.79. The molecule has 0 unspecified atom stereocenters. The summed E-state index contributed by atoms with van der Waals surface area (Å²) in [5.74, 6) is 1.77. The summed E-state index contributed by atoms with van der Waals surface area (Å²) in [5.41, 5.74) is 3.21. The van der Waals surface area contributed by atoms with E-state index in [1.807, 2.05) is 18.2 Å². The number of aromatic nitrogens is 2. The normalized spacial score (nSPS) is 14.5. The second-order valence-corrected chi connectivity index (χ2v) is 4.95. The fourth-order valence-electron chi connectivity index (χ4n) is 1.97. The maximum absolute atomic E-state index is 4.30. The fourth-order valence-corrected chi connectivity index (χ4v) is 1.97. The first-order valence-electron chi connectivity index (χ1n) is 6.46. The van der Waals surface area contributed by atoms with Crippen LogP contribution in [-0.4, -0.2) is 16.7 Å². The van der Waals surface area contributed by atoms with Gasteiger partial charge in [0.2, 0.25) is 0 Å². The van der Waals surface area contributed by atoms with E-state index in [4.69, 9.17) is 0 Å². The van der Waals surface area contributed by atoms with Crippen molar-refractivity contribution in [3.8, 4) is 11.3 Å². The van der Waals surface area contributed by atoms with Crippen LogP contribution in [0.3, 0.4) is 0 Å². The standard InChI is InChI=1S/C15H17N3/c1-11-9-14(13-5-3-2-4-6-13)17-18-15(11)16-10-12-7-8-12/h2-6,9,12H,7-8,10H2,1H3,(H,16,18). The van der Waals surface area contributed by atoms with Gasteiger partial charge in [0.15, 0.2) is 5.82 Å². The van der Waals surface area contributed by atoms with Gasteiger partial charge in [-0.2, -0.15) is 0 Å². The maximum atomic E-state index is 4.30. The minimum absolute atomic E-state index is 0.847. The molecular formula is C15H17N3. The Hall–Kier alpha value is -1.90. The van der Waals surface area contributed by atoms with Crippen LogP contribution in [0, 0.1) is 12.8 Å². The third kappa shape index (κ3) is 2.50. The molecule has 1 aliphatic carbocycles. The van der Waals surface area contributed by atoms with Crippen molar-refractivity contribution < 1.29 is 0 Å². The van der Waals surface area contributed by atoms with E-state index < -0.39 is 0 Å². The molecule has 1 heterocycles. The minimum Gasteiger partial charge on any atom is -0.368 e. The number of aryl methyl sites for hydroxylation is 1. The van der Waals surface area contributed by atoms with E-state index in [-0.39, 0.29) is 0 Å². The average molecular weight is 239 g/mol. The second kappa shape index (κ2) is 4.77. The summed E-state index contributed by atoms with van der Waals surface area (Å²) in [4.78, 5) is 0. The average Bonchev–Trinajstić information content (AvgIpc) is 3.22. The summed E-state index contributed by atoms with van der Waals surface area (Å²) >= 11 is 0. The van der Waals surface area contributed by atoms with Crippen molar-refractivity contribution in [1.29, 1.82) is 0 Å². The molecule has 0 spiro atoms. The van der Waals surface area contributed by atoms with Crippen LogP contribution in [0.1, 0.15) is 18.4 Å². The molecule has 1 aliphatic rings. The molecule has 1 saturated carbocycles. The quantitative estimate of drug-likeness (QED) is 0.889. The predicted molar refractivity (Wildman–Crippen MR) is 73.4 cm³/mol. The number of rotatable bonds is 4. The zero-order chi connectivity index (χ0) is 12.4. The van der Waals surface area contributed by atoms with Gasteiger partial charge < -0.3 is 5.32 Å². The number of hydrogen-bond donors (Lipinski definition) is 1. The van der Waals surface area contributed by atoms with Crippen LogP contribution in [0.5, 0.6) is 0 Å². The van der Waals surface area contributed by atoms with E-state index in [1.54, 1.807) is 0 Å². The lowest BCUT2D eigenvalue weighted by atomic mass is 10.1. The summed E-state index contributed by atoms with van der Waals surface area (Å²) < 4.78 is 0. The Morgan fingerprint density at radius 3 is 2.61 bits per heavy atom. The summed E-state index contributed by atoms with van der Waals surface area (Å²) in [7, 11) is 0. The molecule has 0 saturated heterocycles. The van der Waals surface area contributed by atoms with Crippen molar-refractivity contribution in [2.45, 2.75) is 19.8 Å². The molecule has 0 aliphatic heterocycles. The largest absolute Gasteiger partial charge is 0.368 e. The fraction of sp³-hybridized carbons (Fsp3) is 0.333. The first-order chi connectivity index (χ1) is 8.83. The van der Waals surface area contributed by atoms with Crippen LogP contribution >= 0.6 is 0 Å². The Kier molecular flexibility index (Phi) is 2.97. The number of nitrogens with one attached hydrogen (secondary N) is 1. The molecule has 0 bridgehead atoms. The predicted octanol–water partition coefficient (Wildman–Crippen LogP) is 3.27. The lowest BCUT2D eigenvalue weighted by Gasteiger charge is -2.08. The number of benzene rings is 1. The highest BCUT2D eigenvalue weighted by molar-refractivity contribution is 5.61. The van der Waals surface area contributed by atoms with E-state index in [1.165, 1.54) is 12.8 Å². The van der Waals surface area contributed by atoms with Crippen molar-refractivity contribution in [2.24, 2.45) is 5.92 Å². The van der Waals surface area contributed by atoms with Gasteiger partial charge >= 0.3 is 0 Å². The molecule has 18 heavy (non-hydrogen) atoms. The van der Waals surface area contributed by atoms with Gasteiger partial charge in [0, 0.05) is 12.1 Å². The Labute approximate surface area is 107 Å². The maximum Gasteiger partial charge on any atom is 0.151 e. The SMILES string of the molecule is Cc1cc(-c2ccccc2)nnc1NCC1CC1. The molecule has 1 fully saturated rings. The summed E-state index contributed by atoms with van der Waals surface area (Å²) in [6.45, 7) is 3.11. The summed E-state index contributed by atoms with van der Waals surface area (Å²) in [5, 5.41) is 12.0. The number of hydrogen-bond acceptors (Lipinski definition) is 3. The van der Waals surface area contributed by atoms with Crippen LogP contribution in [0.4, 0.5) is 5.82 Å². The van der Waals surface area contributed by atoms with E-state index >= 15 is 0 Å². The molecule has 92 valence electrons. The van der Waals surface area contributed by atoms with Crippen molar-refractivity contribution in [1.82, 2.24) is 10.2 Å². The monoisotopic (exact) mass is 239 g/mol. The number of nitrogens with zero attached hydrogens (tertiary/aromatic N) is 2. The molecule has 0 atom stereocenters. The Bertz CT molecular complexity index is 533. The zero-order valence-corrected chi connectivity index (χ0v) is 10.6. The van der Waals surface area contributed by atoms with Crippen molar-refractivity contribution >= 4 is 5.82 Å². The van der Waals surface area contributed by atoms with E-state index in [9.17, 15) is 0 Å². The van der Waals surface area contributed by atoms with Crippen LogP contribution < -0.4 is 5.32 Å². The smallest absolute Gasteiger partial charge is 0.151 e. The highest BCUT2D eigenvalue weighted by Gasteiger charge is 2.21. The van der Waals surface area contributed by atoms with Crippen molar-refractivity contribution in [3.05, 3.63) is 42.0 Å². The third-order valence-electron chi connectivity index (χ3n) is 3.31. The van der Waals surface area contributed by atoms with Gasteiger partial charge in [-0.05, 0) is 37.3 Å².